The number of benzene rings is 1. The van der Waals surface area contributed by atoms with Gasteiger partial charge in [-0.1, -0.05) is 19.1 Å². The number of hydrogen-bond acceptors (Lipinski definition) is 3. The molecule has 0 saturated heterocycles. The Morgan fingerprint density at radius 3 is 2.90 bits per heavy atom. The van der Waals surface area contributed by atoms with Crippen molar-refractivity contribution >= 4 is 11.6 Å². The lowest BCUT2D eigenvalue weighted by Crippen LogP contribution is -2.27. The number of nitrogens with zero attached hydrogens (tertiary/aromatic N) is 2. The number of hydrogen-bond donors (Lipinski definition) is 2. The minimum atomic E-state index is -0.0393. The molecule has 1 aromatic heterocycles. The molecule has 0 bridgehead atoms. The highest BCUT2D eigenvalue weighted by atomic mass is 16.1. The third-order valence-electron chi connectivity index (χ3n) is 3.23. The van der Waals surface area contributed by atoms with Crippen molar-refractivity contribution in [3.05, 3.63) is 47.3 Å². The summed E-state index contributed by atoms with van der Waals surface area (Å²) in [5.74, 6) is -0.0393. The summed E-state index contributed by atoms with van der Waals surface area (Å²) in [7, 11) is 1.91. The molecule has 21 heavy (non-hydrogen) atoms. The minimum Gasteiger partial charge on any atom is -0.325 e. The van der Waals surface area contributed by atoms with E-state index in [9.17, 15) is 4.79 Å². The van der Waals surface area contributed by atoms with Gasteiger partial charge in [-0.25, -0.2) is 0 Å². The van der Waals surface area contributed by atoms with Crippen LogP contribution in [0.4, 0.5) is 5.69 Å². The van der Waals surface area contributed by atoms with Crippen molar-refractivity contribution in [2.45, 2.75) is 26.8 Å². The van der Waals surface area contributed by atoms with Crippen molar-refractivity contribution in [2.24, 2.45) is 7.05 Å². The lowest BCUT2D eigenvalue weighted by atomic mass is 10.2. The Hall–Kier alpha value is -2.14. The molecule has 0 aliphatic heterocycles. The molecule has 0 atom stereocenters. The molecule has 112 valence electrons. The van der Waals surface area contributed by atoms with E-state index >= 15 is 0 Å². The first kappa shape index (κ1) is 15.3. The van der Waals surface area contributed by atoms with E-state index in [2.05, 4.69) is 22.7 Å². The summed E-state index contributed by atoms with van der Waals surface area (Å²) in [6.07, 6.45) is 2.89. The molecule has 0 saturated carbocycles. The first-order valence-corrected chi connectivity index (χ1v) is 7.17. The van der Waals surface area contributed by atoms with Gasteiger partial charge in [0.2, 0.25) is 5.91 Å². The van der Waals surface area contributed by atoms with Gasteiger partial charge in [0.1, 0.15) is 0 Å². The first-order valence-electron chi connectivity index (χ1n) is 7.17. The molecule has 2 N–H and O–H groups in total. The van der Waals surface area contributed by atoms with E-state index in [0.29, 0.717) is 6.54 Å². The van der Waals surface area contributed by atoms with Crippen molar-refractivity contribution in [3.8, 4) is 0 Å². The number of amides is 1. The molecule has 0 unspecified atom stereocenters. The summed E-state index contributed by atoms with van der Waals surface area (Å²) in [4.78, 5) is 11.9. The van der Waals surface area contributed by atoms with Crippen molar-refractivity contribution in [3.63, 3.8) is 0 Å². The number of anilines is 1. The third-order valence-corrected chi connectivity index (χ3v) is 3.23. The van der Waals surface area contributed by atoms with Crippen molar-refractivity contribution in [1.82, 2.24) is 15.1 Å². The molecule has 0 aliphatic rings. The van der Waals surface area contributed by atoms with Crippen LogP contribution in [0.2, 0.25) is 0 Å². The normalized spacial score (nSPS) is 10.6. The van der Waals surface area contributed by atoms with Gasteiger partial charge >= 0.3 is 0 Å². The molecule has 0 spiro atoms. The lowest BCUT2D eigenvalue weighted by molar-refractivity contribution is -0.115. The second kappa shape index (κ2) is 7.04. The smallest absolute Gasteiger partial charge is 0.238 e. The van der Waals surface area contributed by atoms with E-state index in [4.69, 9.17) is 0 Å². The number of carbonyl (C=O) groups excluding carboxylic acids is 1. The Bertz CT molecular complexity index is 618. The van der Waals surface area contributed by atoms with E-state index in [1.165, 1.54) is 0 Å². The Balaban J connectivity index is 1.81. The van der Waals surface area contributed by atoms with Gasteiger partial charge < -0.3 is 10.6 Å². The highest BCUT2D eigenvalue weighted by Crippen LogP contribution is 2.09. The molecule has 1 amide bonds. The highest BCUT2D eigenvalue weighted by molar-refractivity contribution is 5.92. The maximum Gasteiger partial charge on any atom is 0.238 e. The molecular weight excluding hydrogens is 264 g/mol. The zero-order valence-electron chi connectivity index (χ0n) is 12.8. The average Bonchev–Trinajstić information content (AvgIpc) is 2.79. The highest BCUT2D eigenvalue weighted by Gasteiger charge is 2.07. The molecular formula is C16H22N4O. The van der Waals surface area contributed by atoms with E-state index in [1.54, 1.807) is 0 Å². The van der Waals surface area contributed by atoms with Crippen LogP contribution < -0.4 is 10.6 Å². The summed E-state index contributed by atoms with van der Waals surface area (Å²) < 4.78 is 1.81. The molecule has 1 aromatic carbocycles. The molecule has 5 nitrogen and oxygen atoms in total. The maximum atomic E-state index is 11.9. The van der Waals surface area contributed by atoms with Gasteiger partial charge in [0.25, 0.3) is 0 Å². The van der Waals surface area contributed by atoms with Gasteiger partial charge in [-0.15, -0.1) is 0 Å². The maximum absolute atomic E-state index is 11.9. The van der Waals surface area contributed by atoms with E-state index in [0.717, 1.165) is 28.9 Å². The quantitative estimate of drug-likeness (QED) is 0.854. The molecule has 5 heteroatoms. The summed E-state index contributed by atoms with van der Waals surface area (Å²) in [5, 5.41) is 10.4. The number of aryl methyl sites for hydroxylation is 3. The largest absolute Gasteiger partial charge is 0.325 e. The van der Waals surface area contributed by atoms with Gasteiger partial charge in [0.15, 0.2) is 0 Å². The monoisotopic (exact) mass is 286 g/mol. The van der Waals surface area contributed by atoms with Crippen LogP contribution >= 0.6 is 0 Å². The summed E-state index contributed by atoms with van der Waals surface area (Å²) in [6.45, 7) is 5.02. The van der Waals surface area contributed by atoms with Crippen molar-refractivity contribution < 1.29 is 4.79 Å². The number of nitrogens with one attached hydrogen (secondary N) is 2. The van der Waals surface area contributed by atoms with Crippen molar-refractivity contribution in [2.75, 3.05) is 11.9 Å². The number of aromatic nitrogens is 2. The molecule has 2 aromatic rings. The Morgan fingerprint density at radius 1 is 1.38 bits per heavy atom. The fraction of sp³-hybridized carbons (Fsp3) is 0.375. The van der Waals surface area contributed by atoms with Crippen molar-refractivity contribution in [1.29, 1.82) is 0 Å². The fourth-order valence-corrected chi connectivity index (χ4v) is 2.27. The fourth-order valence-electron chi connectivity index (χ4n) is 2.27. The van der Waals surface area contributed by atoms with Crippen LogP contribution in [-0.4, -0.2) is 22.2 Å². The van der Waals surface area contributed by atoms with Gasteiger partial charge in [0.05, 0.1) is 12.2 Å². The predicted octanol–water partition coefficient (Wildman–Crippen LogP) is 2.02. The second-order valence-corrected chi connectivity index (χ2v) is 5.15. The zero-order valence-corrected chi connectivity index (χ0v) is 12.8. The first-order chi connectivity index (χ1) is 10.1. The van der Waals surface area contributed by atoms with Crippen LogP contribution in [0.3, 0.4) is 0 Å². The molecule has 0 radical (unpaired) electrons. The standard InChI is InChI=1S/C16H22N4O/c1-4-15-13(11-20(3)19-15)9-17-10-16(21)18-14-7-5-6-12(2)8-14/h5-8,11,17H,4,9-10H2,1-3H3,(H,18,21). The van der Waals surface area contributed by atoms with Gasteiger partial charge in [0, 0.05) is 31.0 Å². The molecule has 2 rings (SSSR count). The molecule has 1 heterocycles. The van der Waals surface area contributed by atoms with Crippen LogP contribution in [0.25, 0.3) is 0 Å². The van der Waals surface area contributed by atoms with Crippen LogP contribution in [0, 0.1) is 6.92 Å². The van der Waals surface area contributed by atoms with Crippen LogP contribution in [0.5, 0.6) is 0 Å². The Morgan fingerprint density at radius 2 is 2.19 bits per heavy atom. The summed E-state index contributed by atoms with van der Waals surface area (Å²) in [5.41, 5.74) is 4.17. The van der Waals surface area contributed by atoms with Gasteiger partial charge in [-0.05, 0) is 31.0 Å². The minimum absolute atomic E-state index is 0.0393. The predicted molar refractivity (Wildman–Crippen MR) is 84.1 cm³/mol. The SMILES string of the molecule is CCc1nn(C)cc1CNCC(=O)Nc1cccc(C)c1. The topological polar surface area (TPSA) is 59.0 Å². The van der Waals surface area contributed by atoms with E-state index < -0.39 is 0 Å². The second-order valence-electron chi connectivity index (χ2n) is 5.15. The van der Waals surface area contributed by atoms with Crippen LogP contribution in [0.1, 0.15) is 23.7 Å². The number of carbonyl (C=O) groups is 1. The summed E-state index contributed by atoms with van der Waals surface area (Å²) in [6, 6.07) is 7.78. The lowest BCUT2D eigenvalue weighted by Gasteiger charge is -2.07. The number of rotatable bonds is 6. The van der Waals surface area contributed by atoms with Gasteiger partial charge in [-0.3, -0.25) is 9.48 Å². The van der Waals surface area contributed by atoms with Crippen LogP contribution in [-0.2, 0) is 24.8 Å². The summed E-state index contributed by atoms with van der Waals surface area (Å²) >= 11 is 0. The van der Waals surface area contributed by atoms with E-state index in [-0.39, 0.29) is 12.5 Å². The Kier molecular flexibility index (Phi) is 5.11. The van der Waals surface area contributed by atoms with E-state index in [1.807, 2.05) is 49.1 Å². The molecule has 0 aliphatic carbocycles. The van der Waals surface area contributed by atoms with Crippen LogP contribution in [0.15, 0.2) is 30.5 Å². The average molecular weight is 286 g/mol. The van der Waals surface area contributed by atoms with Gasteiger partial charge in [-0.2, -0.15) is 5.10 Å². The molecule has 0 fully saturated rings. The third kappa shape index (κ3) is 4.43. The zero-order chi connectivity index (χ0) is 15.2. The Labute approximate surface area is 125 Å².